The summed E-state index contributed by atoms with van der Waals surface area (Å²) in [6, 6.07) is 21.4. The largest absolute Gasteiger partial charge is 0.365 e. The van der Waals surface area contributed by atoms with Crippen LogP contribution < -0.4 is 10.2 Å². The molecular weight excluding hydrogens is 423 g/mol. The molecule has 3 aromatic carbocycles. The van der Waals surface area contributed by atoms with Crippen molar-refractivity contribution in [2.45, 2.75) is 18.0 Å². The van der Waals surface area contributed by atoms with Gasteiger partial charge in [0.05, 0.1) is 5.69 Å². The molecule has 0 saturated heterocycles. The number of benzene rings is 3. The van der Waals surface area contributed by atoms with E-state index in [9.17, 15) is 4.79 Å². The SMILES string of the molecule is O=C(NCc1ccc(Cl)cc1)c1ccc2c(c1)N(Cc1ccc(Cl)cc1)CCS2. The van der Waals surface area contributed by atoms with Crippen molar-refractivity contribution in [1.29, 1.82) is 0 Å². The van der Waals surface area contributed by atoms with Gasteiger partial charge in [-0.05, 0) is 53.6 Å². The Bertz CT molecular complexity index is 1010. The predicted octanol–water partition coefficient (Wildman–Crippen LogP) is 6.04. The van der Waals surface area contributed by atoms with E-state index in [0.717, 1.165) is 35.1 Å². The molecule has 4 rings (SSSR count). The minimum Gasteiger partial charge on any atom is -0.365 e. The normalized spacial score (nSPS) is 13.1. The number of hydrogen-bond donors (Lipinski definition) is 1. The van der Waals surface area contributed by atoms with Crippen LogP contribution in [0.4, 0.5) is 5.69 Å². The van der Waals surface area contributed by atoms with Crippen molar-refractivity contribution in [3.63, 3.8) is 0 Å². The summed E-state index contributed by atoms with van der Waals surface area (Å²) in [6.45, 7) is 2.20. The molecule has 0 fully saturated rings. The fourth-order valence-electron chi connectivity index (χ4n) is 3.28. The Hall–Kier alpha value is -2.14. The first-order valence-electron chi connectivity index (χ1n) is 9.37. The third-order valence-corrected chi connectivity index (χ3v) is 6.38. The molecule has 1 N–H and O–H groups in total. The van der Waals surface area contributed by atoms with E-state index in [1.807, 2.05) is 78.5 Å². The van der Waals surface area contributed by atoms with Crippen LogP contribution in [-0.4, -0.2) is 18.2 Å². The maximum absolute atomic E-state index is 12.7. The Balaban J connectivity index is 1.49. The summed E-state index contributed by atoms with van der Waals surface area (Å²) in [4.78, 5) is 16.2. The lowest BCUT2D eigenvalue weighted by Gasteiger charge is -2.31. The number of anilines is 1. The molecule has 0 aliphatic carbocycles. The molecule has 1 aliphatic heterocycles. The van der Waals surface area contributed by atoms with Crippen molar-refractivity contribution in [3.8, 4) is 0 Å². The molecule has 0 spiro atoms. The van der Waals surface area contributed by atoms with Gasteiger partial charge in [0, 0.05) is 45.9 Å². The first-order valence-corrected chi connectivity index (χ1v) is 11.1. The molecule has 0 bridgehead atoms. The van der Waals surface area contributed by atoms with E-state index in [-0.39, 0.29) is 5.91 Å². The van der Waals surface area contributed by atoms with Gasteiger partial charge in [-0.1, -0.05) is 47.5 Å². The second-order valence-electron chi connectivity index (χ2n) is 6.89. The highest BCUT2D eigenvalue weighted by molar-refractivity contribution is 7.99. The molecule has 0 radical (unpaired) electrons. The van der Waals surface area contributed by atoms with E-state index >= 15 is 0 Å². The van der Waals surface area contributed by atoms with Crippen molar-refractivity contribution in [1.82, 2.24) is 5.32 Å². The van der Waals surface area contributed by atoms with Gasteiger partial charge in [0.1, 0.15) is 0 Å². The summed E-state index contributed by atoms with van der Waals surface area (Å²) in [5.41, 5.74) is 3.99. The second kappa shape index (κ2) is 9.12. The molecule has 3 nitrogen and oxygen atoms in total. The fourth-order valence-corrected chi connectivity index (χ4v) is 4.56. The van der Waals surface area contributed by atoms with Crippen molar-refractivity contribution in [3.05, 3.63) is 93.5 Å². The molecule has 1 heterocycles. The average molecular weight is 443 g/mol. The lowest BCUT2D eigenvalue weighted by molar-refractivity contribution is 0.0951. The molecule has 148 valence electrons. The van der Waals surface area contributed by atoms with Crippen LogP contribution in [0.15, 0.2) is 71.6 Å². The zero-order chi connectivity index (χ0) is 20.2. The van der Waals surface area contributed by atoms with Crippen LogP contribution in [0.2, 0.25) is 10.0 Å². The number of carbonyl (C=O) groups excluding carboxylic acids is 1. The lowest BCUT2D eigenvalue weighted by atomic mass is 10.1. The van der Waals surface area contributed by atoms with E-state index < -0.39 is 0 Å². The van der Waals surface area contributed by atoms with Gasteiger partial charge in [-0.3, -0.25) is 4.79 Å². The summed E-state index contributed by atoms with van der Waals surface area (Å²) >= 11 is 13.8. The highest BCUT2D eigenvalue weighted by atomic mass is 35.5. The van der Waals surface area contributed by atoms with E-state index in [1.54, 1.807) is 0 Å². The molecular formula is C23H20Cl2N2OS. The maximum atomic E-state index is 12.7. The molecule has 0 unspecified atom stereocenters. The fraction of sp³-hybridized carbons (Fsp3) is 0.174. The molecule has 1 aliphatic rings. The number of thioether (sulfide) groups is 1. The van der Waals surface area contributed by atoms with Crippen LogP contribution in [0.1, 0.15) is 21.5 Å². The third-order valence-electron chi connectivity index (χ3n) is 4.83. The number of rotatable bonds is 5. The number of halogens is 2. The summed E-state index contributed by atoms with van der Waals surface area (Å²) < 4.78 is 0. The zero-order valence-corrected chi connectivity index (χ0v) is 18.0. The van der Waals surface area contributed by atoms with E-state index in [4.69, 9.17) is 23.2 Å². The number of carbonyl (C=O) groups is 1. The quantitative estimate of drug-likeness (QED) is 0.522. The van der Waals surface area contributed by atoms with Crippen LogP contribution in [-0.2, 0) is 13.1 Å². The van der Waals surface area contributed by atoms with Gasteiger partial charge >= 0.3 is 0 Å². The van der Waals surface area contributed by atoms with E-state index in [0.29, 0.717) is 17.1 Å². The Morgan fingerprint density at radius 1 is 0.931 bits per heavy atom. The topological polar surface area (TPSA) is 32.3 Å². The molecule has 1 amide bonds. The molecule has 6 heteroatoms. The van der Waals surface area contributed by atoms with Gasteiger partial charge in [-0.25, -0.2) is 0 Å². The van der Waals surface area contributed by atoms with E-state index in [2.05, 4.69) is 10.2 Å². The zero-order valence-electron chi connectivity index (χ0n) is 15.7. The van der Waals surface area contributed by atoms with Crippen molar-refractivity contribution in [2.24, 2.45) is 0 Å². The first-order chi connectivity index (χ1) is 14.1. The highest BCUT2D eigenvalue weighted by Gasteiger charge is 2.19. The van der Waals surface area contributed by atoms with Crippen LogP contribution in [0.3, 0.4) is 0 Å². The third kappa shape index (κ3) is 5.08. The highest BCUT2D eigenvalue weighted by Crippen LogP contribution is 2.36. The Morgan fingerprint density at radius 3 is 2.28 bits per heavy atom. The first kappa shape index (κ1) is 20.1. The van der Waals surface area contributed by atoms with Gasteiger partial charge < -0.3 is 10.2 Å². The second-order valence-corrected chi connectivity index (χ2v) is 8.90. The predicted molar refractivity (Wildman–Crippen MR) is 122 cm³/mol. The molecule has 0 saturated carbocycles. The van der Waals surface area contributed by atoms with Crippen LogP contribution in [0.25, 0.3) is 0 Å². The molecule has 0 aromatic heterocycles. The van der Waals surface area contributed by atoms with Gasteiger partial charge in [0.2, 0.25) is 0 Å². The van der Waals surface area contributed by atoms with Gasteiger partial charge in [-0.15, -0.1) is 11.8 Å². The molecule has 0 atom stereocenters. The van der Waals surface area contributed by atoms with Crippen molar-refractivity contribution >= 4 is 46.6 Å². The number of hydrogen-bond acceptors (Lipinski definition) is 3. The van der Waals surface area contributed by atoms with Gasteiger partial charge in [0.25, 0.3) is 5.91 Å². The number of nitrogens with zero attached hydrogens (tertiary/aromatic N) is 1. The Labute approximate surface area is 185 Å². The monoisotopic (exact) mass is 442 g/mol. The van der Waals surface area contributed by atoms with E-state index in [1.165, 1.54) is 10.5 Å². The van der Waals surface area contributed by atoms with Crippen LogP contribution in [0.5, 0.6) is 0 Å². The molecule has 3 aromatic rings. The number of amides is 1. The minimum atomic E-state index is -0.0789. The maximum Gasteiger partial charge on any atom is 0.251 e. The van der Waals surface area contributed by atoms with Gasteiger partial charge in [-0.2, -0.15) is 0 Å². The van der Waals surface area contributed by atoms with Gasteiger partial charge in [0.15, 0.2) is 0 Å². The van der Waals surface area contributed by atoms with Crippen LogP contribution in [0, 0.1) is 0 Å². The summed E-state index contributed by atoms with van der Waals surface area (Å²) in [5, 5.41) is 4.42. The standard InChI is InChI=1S/C23H20Cl2N2OS/c24-19-6-1-16(2-7-19)14-26-23(28)18-5-10-22-21(13-18)27(11-12-29-22)15-17-3-8-20(25)9-4-17/h1-10,13H,11-12,14-15H2,(H,26,28). The Morgan fingerprint density at radius 2 is 1.59 bits per heavy atom. The summed E-state index contributed by atoms with van der Waals surface area (Å²) in [5.74, 6) is 0.952. The average Bonchev–Trinajstić information content (AvgIpc) is 2.74. The van der Waals surface area contributed by atoms with Crippen LogP contribution >= 0.6 is 35.0 Å². The number of fused-ring (bicyclic) bond motifs is 1. The summed E-state index contributed by atoms with van der Waals surface area (Å²) in [6.07, 6.45) is 0. The van der Waals surface area contributed by atoms with Crippen molar-refractivity contribution in [2.75, 3.05) is 17.2 Å². The minimum absolute atomic E-state index is 0.0789. The lowest BCUT2D eigenvalue weighted by Crippen LogP contribution is -2.29. The summed E-state index contributed by atoms with van der Waals surface area (Å²) in [7, 11) is 0. The molecule has 29 heavy (non-hydrogen) atoms. The Kier molecular flexibility index (Phi) is 6.34. The number of nitrogens with one attached hydrogen (secondary N) is 1. The smallest absolute Gasteiger partial charge is 0.251 e. The van der Waals surface area contributed by atoms with Crippen molar-refractivity contribution < 1.29 is 4.79 Å².